The predicted octanol–water partition coefficient (Wildman–Crippen LogP) is 4.00. The van der Waals surface area contributed by atoms with Gasteiger partial charge >= 0.3 is 10.8 Å². The highest BCUT2D eigenvalue weighted by Crippen LogP contribution is 2.54. The Morgan fingerprint density at radius 2 is 1.77 bits per heavy atom. The number of hydrogen-bond donors (Lipinski definition) is 2. The number of aliphatic carboxylic acids is 1. The normalized spacial score (nSPS) is 21.1. The number of aromatic amines is 1. The van der Waals surface area contributed by atoms with E-state index in [1.807, 2.05) is 12.1 Å². The van der Waals surface area contributed by atoms with E-state index in [0.717, 1.165) is 33.6 Å². The maximum Gasteiger partial charge on any atom is 0.323 e. The van der Waals surface area contributed by atoms with Gasteiger partial charge in [-0.3, -0.25) is 24.1 Å². The van der Waals surface area contributed by atoms with Gasteiger partial charge in [-0.05, 0) is 35.9 Å². The van der Waals surface area contributed by atoms with E-state index in [9.17, 15) is 24.3 Å². The number of carbonyl (C=O) groups is 3. The molecule has 3 aromatic rings. The molecule has 3 heterocycles. The van der Waals surface area contributed by atoms with Crippen LogP contribution in [0.25, 0.3) is 0 Å². The average molecular weight is 551 g/mol. The van der Waals surface area contributed by atoms with Gasteiger partial charge in [-0.15, -0.1) is 0 Å². The lowest BCUT2D eigenvalue weighted by molar-refractivity contribution is -0.149. The summed E-state index contributed by atoms with van der Waals surface area (Å²) in [5.74, 6) is -3.69. The number of hydrogen-bond acceptors (Lipinski definition) is 7. The van der Waals surface area contributed by atoms with Gasteiger partial charge in [0.15, 0.2) is 0 Å². The lowest BCUT2D eigenvalue weighted by Gasteiger charge is -2.31. The highest BCUT2D eigenvalue weighted by atomic mass is 35.5. The lowest BCUT2D eigenvalue weighted by Crippen LogP contribution is -2.36. The first-order valence-electron chi connectivity index (χ1n) is 10.4. The predicted molar refractivity (Wildman–Crippen MR) is 132 cm³/mol. The molecule has 1 fully saturated rings. The van der Waals surface area contributed by atoms with E-state index in [4.69, 9.17) is 27.9 Å². The molecule has 0 aliphatic carbocycles. The number of halogens is 2. The van der Waals surface area contributed by atoms with Crippen molar-refractivity contribution in [2.75, 3.05) is 6.54 Å². The molecule has 8 nitrogen and oxygen atoms in total. The molecule has 2 N–H and O–H groups in total. The van der Waals surface area contributed by atoms with Gasteiger partial charge in [-0.2, -0.15) is 0 Å². The zero-order valence-corrected chi connectivity index (χ0v) is 20.8. The number of imide groups is 1. The molecule has 2 aliphatic heterocycles. The summed E-state index contributed by atoms with van der Waals surface area (Å²) in [6.45, 7) is -0.521. The minimum atomic E-state index is -1.29. The van der Waals surface area contributed by atoms with E-state index in [1.165, 1.54) is 0 Å². The molecular weight excluding hydrogens is 535 g/mol. The molecule has 0 spiro atoms. The molecule has 0 radical (unpaired) electrons. The van der Waals surface area contributed by atoms with Crippen LogP contribution in [-0.4, -0.2) is 44.6 Å². The maximum absolute atomic E-state index is 13.4. The average Bonchev–Trinajstić information content (AvgIpc) is 3.29. The van der Waals surface area contributed by atoms with Crippen LogP contribution >= 0.6 is 46.3 Å². The first-order valence-corrected chi connectivity index (χ1v) is 12.8. The number of fused-ring (bicyclic) bond motifs is 2. The number of nitrogens with zero attached hydrogens (tertiary/aromatic N) is 1. The third-order valence-corrected chi connectivity index (χ3v) is 8.71. The summed E-state index contributed by atoms with van der Waals surface area (Å²) in [5, 5.41) is 9.81. The maximum atomic E-state index is 13.4. The van der Waals surface area contributed by atoms with Crippen LogP contribution in [0, 0.1) is 5.92 Å². The second-order valence-corrected chi connectivity index (χ2v) is 11.0. The molecule has 1 aromatic heterocycles. The zero-order valence-electron chi connectivity index (χ0n) is 17.7. The summed E-state index contributed by atoms with van der Waals surface area (Å²) in [7, 11) is 0. The molecule has 1 saturated heterocycles. The van der Waals surface area contributed by atoms with Gasteiger partial charge in [-0.25, -0.2) is 0 Å². The van der Waals surface area contributed by atoms with Crippen molar-refractivity contribution in [1.82, 2.24) is 9.88 Å². The molecule has 5 rings (SSSR count). The minimum absolute atomic E-state index is 0.204. The highest BCUT2D eigenvalue weighted by molar-refractivity contribution is 8.00. The Morgan fingerprint density at radius 3 is 2.49 bits per heavy atom. The van der Waals surface area contributed by atoms with Crippen molar-refractivity contribution >= 4 is 64.1 Å². The van der Waals surface area contributed by atoms with Crippen LogP contribution in [-0.2, 0) is 21.0 Å². The van der Waals surface area contributed by atoms with Crippen molar-refractivity contribution in [3.63, 3.8) is 0 Å². The van der Waals surface area contributed by atoms with Crippen molar-refractivity contribution in [3.8, 4) is 5.75 Å². The first-order chi connectivity index (χ1) is 16.7. The number of ether oxygens (including phenoxy) is 1. The molecule has 3 atom stereocenters. The number of carboxylic acid groups (broad SMARTS) is 1. The van der Waals surface area contributed by atoms with Gasteiger partial charge in [0.2, 0.25) is 11.8 Å². The number of rotatable bonds is 6. The van der Waals surface area contributed by atoms with E-state index in [1.54, 1.807) is 30.3 Å². The number of H-pyrrole nitrogens is 1. The van der Waals surface area contributed by atoms with Gasteiger partial charge in [0, 0.05) is 26.4 Å². The molecule has 180 valence electrons. The SMILES string of the molecule is O=C(O)CN1C(=O)C2Sc3[nH]c(=O)sc3[C@H](c3cc(Cl)ccc3OCc3ccc(Cl)cc3)C2C1=O. The summed E-state index contributed by atoms with van der Waals surface area (Å²) < 4.78 is 6.10. The Balaban J connectivity index is 1.58. The molecule has 0 saturated carbocycles. The zero-order chi connectivity index (χ0) is 24.9. The summed E-state index contributed by atoms with van der Waals surface area (Å²) in [6, 6.07) is 12.1. The Hall–Kier alpha value is -2.79. The van der Waals surface area contributed by atoms with Crippen molar-refractivity contribution in [3.05, 3.63) is 78.2 Å². The summed E-state index contributed by atoms with van der Waals surface area (Å²) in [4.78, 5) is 53.7. The third kappa shape index (κ3) is 4.47. The fourth-order valence-electron chi connectivity index (χ4n) is 4.34. The number of thiazole rings is 1. The molecule has 0 bridgehead atoms. The topological polar surface area (TPSA) is 117 Å². The Morgan fingerprint density at radius 1 is 1.06 bits per heavy atom. The van der Waals surface area contributed by atoms with Crippen LogP contribution in [0.1, 0.15) is 21.9 Å². The summed E-state index contributed by atoms with van der Waals surface area (Å²) >= 11 is 14.3. The van der Waals surface area contributed by atoms with Crippen LogP contribution in [0.15, 0.2) is 52.3 Å². The Labute approximate surface area is 216 Å². The molecule has 2 aliphatic rings. The molecular formula is C23H16Cl2N2O6S2. The fourth-order valence-corrected chi connectivity index (χ4v) is 7.17. The van der Waals surface area contributed by atoms with Crippen LogP contribution in [0.3, 0.4) is 0 Å². The summed E-state index contributed by atoms with van der Waals surface area (Å²) in [6.07, 6.45) is 0. The molecule has 2 amide bonds. The molecule has 2 aromatic carbocycles. The van der Waals surface area contributed by atoms with E-state index >= 15 is 0 Å². The van der Waals surface area contributed by atoms with Crippen molar-refractivity contribution in [2.45, 2.75) is 22.8 Å². The summed E-state index contributed by atoms with van der Waals surface area (Å²) in [5.41, 5.74) is 1.40. The number of aromatic nitrogens is 1. The van der Waals surface area contributed by atoms with Crippen molar-refractivity contribution < 1.29 is 24.2 Å². The Bertz CT molecular complexity index is 1400. The Kier molecular flexibility index (Phi) is 6.39. The van der Waals surface area contributed by atoms with Crippen LogP contribution in [0.5, 0.6) is 5.75 Å². The quantitative estimate of drug-likeness (QED) is 0.445. The van der Waals surface area contributed by atoms with Gasteiger partial charge in [0.25, 0.3) is 0 Å². The van der Waals surface area contributed by atoms with Crippen LogP contribution < -0.4 is 9.61 Å². The van der Waals surface area contributed by atoms with E-state index < -0.39 is 41.4 Å². The number of thioether (sulfide) groups is 1. The number of carboxylic acids is 1. The van der Waals surface area contributed by atoms with Gasteiger partial charge in [-0.1, -0.05) is 58.4 Å². The van der Waals surface area contributed by atoms with Crippen LogP contribution in [0.2, 0.25) is 10.0 Å². The van der Waals surface area contributed by atoms with E-state index in [-0.39, 0.29) is 11.5 Å². The van der Waals surface area contributed by atoms with E-state index in [0.29, 0.717) is 31.3 Å². The second kappa shape index (κ2) is 9.34. The third-order valence-electron chi connectivity index (χ3n) is 5.82. The molecule has 2 unspecified atom stereocenters. The second-order valence-electron chi connectivity index (χ2n) is 8.00. The largest absolute Gasteiger partial charge is 0.489 e. The number of benzene rings is 2. The monoisotopic (exact) mass is 550 g/mol. The molecule has 35 heavy (non-hydrogen) atoms. The number of likely N-dealkylation sites (tertiary alicyclic amines) is 1. The fraction of sp³-hybridized carbons (Fsp3) is 0.217. The number of nitrogens with one attached hydrogen (secondary N) is 1. The first kappa shape index (κ1) is 23.9. The van der Waals surface area contributed by atoms with Gasteiger partial charge < -0.3 is 14.8 Å². The highest BCUT2D eigenvalue weighted by Gasteiger charge is 2.56. The minimum Gasteiger partial charge on any atom is -0.489 e. The van der Waals surface area contributed by atoms with Crippen molar-refractivity contribution in [2.24, 2.45) is 5.92 Å². The van der Waals surface area contributed by atoms with Gasteiger partial charge in [0.05, 0.1) is 10.9 Å². The van der Waals surface area contributed by atoms with Crippen molar-refractivity contribution in [1.29, 1.82) is 0 Å². The smallest absolute Gasteiger partial charge is 0.323 e. The number of carbonyl (C=O) groups excluding carboxylic acids is 2. The van der Waals surface area contributed by atoms with E-state index in [2.05, 4.69) is 4.98 Å². The lowest BCUT2D eigenvalue weighted by atomic mass is 9.82. The van der Waals surface area contributed by atoms with Gasteiger partial charge in [0.1, 0.15) is 24.2 Å². The van der Waals surface area contributed by atoms with Crippen LogP contribution in [0.4, 0.5) is 0 Å². The molecule has 12 heteroatoms. The number of amides is 2. The standard InChI is InChI=1S/C23H16Cl2N2O6S2/c24-11-3-1-10(2-4-11)9-33-14-6-5-12(25)7-13(14)16-17-19(34-20-18(16)35-23(32)26-20)22(31)27(21(17)30)8-15(28)29/h1-7,16-17,19H,8-9H2,(H,26,32)(H,28,29)/t16-,17?,19?/m1/s1.